The van der Waals surface area contributed by atoms with Gasteiger partial charge < -0.3 is 25.4 Å². The van der Waals surface area contributed by atoms with Crippen molar-refractivity contribution < 1.29 is 28.7 Å². The van der Waals surface area contributed by atoms with Gasteiger partial charge in [-0.05, 0) is 56.9 Å². The average Bonchev–Trinajstić information content (AvgIpc) is 2.78. The van der Waals surface area contributed by atoms with Gasteiger partial charge in [-0.15, -0.1) is 0 Å². The van der Waals surface area contributed by atoms with Gasteiger partial charge in [-0.2, -0.15) is 0 Å². The fourth-order valence-corrected chi connectivity index (χ4v) is 3.70. The Kier molecular flexibility index (Phi) is 13.3. The highest BCUT2D eigenvalue weighted by Crippen LogP contribution is 2.13. The largest absolute Gasteiger partial charge is 0.459 e. The molecule has 0 heterocycles. The summed E-state index contributed by atoms with van der Waals surface area (Å²) in [6.45, 7) is 16.7. The third-order valence-electron chi connectivity index (χ3n) is 5.50. The first-order chi connectivity index (χ1) is 17.6. The van der Waals surface area contributed by atoms with Crippen LogP contribution in [-0.4, -0.2) is 47.6 Å². The van der Waals surface area contributed by atoms with E-state index in [1.807, 2.05) is 71.9 Å². The quantitative estimate of drug-likeness (QED) is 0.324. The van der Waals surface area contributed by atoms with Gasteiger partial charge in [0.2, 0.25) is 11.8 Å². The summed E-state index contributed by atoms with van der Waals surface area (Å²) in [5.41, 5.74) is 0.123. The summed E-state index contributed by atoms with van der Waals surface area (Å²) < 4.78 is 10.8. The van der Waals surface area contributed by atoms with Crippen LogP contribution in [0.3, 0.4) is 0 Å². The number of carbonyl (C=O) groups is 4. The SMILES string of the molecule is CC(C)C[C@@H](NC(=O)OC(C)(C)C)C(=O)N[C@H](CC(C)C)C(=O)N[C@@H](C(=O)OCc1ccccc1)C(C)C. The molecule has 1 aromatic carbocycles. The molecule has 3 atom stereocenters. The predicted molar refractivity (Wildman–Crippen MR) is 147 cm³/mol. The van der Waals surface area contributed by atoms with Crippen molar-refractivity contribution in [2.45, 2.75) is 105 Å². The molecule has 9 heteroatoms. The molecule has 0 aliphatic rings. The summed E-state index contributed by atoms with van der Waals surface area (Å²) in [7, 11) is 0. The zero-order chi connectivity index (χ0) is 29.0. The van der Waals surface area contributed by atoms with Crippen LogP contribution in [0.1, 0.15) is 80.7 Å². The van der Waals surface area contributed by atoms with Crippen LogP contribution >= 0.6 is 0 Å². The Balaban J connectivity index is 2.97. The molecule has 0 fully saturated rings. The van der Waals surface area contributed by atoms with E-state index in [0.717, 1.165) is 5.56 Å². The van der Waals surface area contributed by atoms with E-state index in [-0.39, 0.29) is 24.4 Å². The molecular formula is C29H47N3O6. The summed E-state index contributed by atoms with van der Waals surface area (Å²) in [5, 5.41) is 8.20. The Morgan fingerprint density at radius 1 is 0.763 bits per heavy atom. The molecule has 0 saturated heterocycles. The van der Waals surface area contributed by atoms with Gasteiger partial charge in [0.1, 0.15) is 30.3 Å². The number of benzene rings is 1. The van der Waals surface area contributed by atoms with Crippen molar-refractivity contribution in [2.24, 2.45) is 17.8 Å². The Bertz CT molecular complexity index is 909. The zero-order valence-corrected chi connectivity index (χ0v) is 24.4. The molecule has 9 nitrogen and oxygen atoms in total. The van der Waals surface area contributed by atoms with Crippen LogP contribution in [0.25, 0.3) is 0 Å². The van der Waals surface area contributed by atoms with Gasteiger partial charge in [0.15, 0.2) is 0 Å². The van der Waals surface area contributed by atoms with Crippen molar-refractivity contribution in [3.05, 3.63) is 35.9 Å². The zero-order valence-electron chi connectivity index (χ0n) is 24.4. The molecule has 0 unspecified atom stereocenters. The lowest BCUT2D eigenvalue weighted by molar-refractivity contribution is -0.150. The van der Waals surface area contributed by atoms with Gasteiger partial charge in [-0.25, -0.2) is 9.59 Å². The average molecular weight is 534 g/mol. The highest BCUT2D eigenvalue weighted by Gasteiger charge is 2.32. The molecule has 3 N–H and O–H groups in total. The second-order valence-corrected chi connectivity index (χ2v) is 11.8. The topological polar surface area (TPSA) is 123 Å². The van der Waals surface area contributed by atoms with E-state index >= 15 is 0 Å². The lowest BCUT2D eigenvalue weighted by Crippen LogP contribution is -2.57. The van der Waals surface area contributed by atoms with Crippen LogP contribution in [-0.2, 0) is 30.5 Å². The highest BCUT2D eigenvalue weighted by molar-refractivity contribution is 5.93. The minimum Gasteiger partial charge on any atom is -0.459 e. The molecule has 1 aromatic rings. The number of amides is 3. The van der Waals surface area contributed by atoms with E-state index in [1.165, 1.54) is 0 Å². The van der Waals surface area contributed by atoms with Gasteiger partial charge in [-0.3, -0.25) is 9.59 Å². The number of rotatable bonds is 13. The number of ether oxygens (including phenoxy) is 2. The molecule has 0 aliphatic carbocycles. The molecule has 0 aliphatic heterocycles. The summed E-state index contributed by atoms with van der Waals surface area (Å²) in [5.74, 6) is -1.57. The van der Waals surface area contributed by atoms with E-state index < -0.39 is 47.6 Å². The Hall–Kier alpha value is -3.10. The van der Waals surface area contributed by atoms with Crippen LogP contribution in [0.4, 0.5) is 4.79 Å². The number of esters is 1. The molecule has 1 rings (SSSR count). The fraction of sp³-hybridized carbons (Fsp3) is 0.655. The smallest absolute Gasteiger partial charge is 0.408 e. The maximum atomic E-state index is 13.3. The number of alkyl carbamates (subject to hydrolysis) is 1. The highest BCUT2D eigenvalue weighted by atomic mass is 16.6. The van der Waals surface area contributed by atoms with E-state index in [2.05, 4.69) is 16.0 Å². The fourth-order valence-electron chi connectivity index (χ4n) is 3.70. The van der Waals surface area contributed by atoms with Crippen LogP contribution < -0.4 is 16.0 Å². The Morgan fingerprint density at radius 2 is 1.26 bits per heavy atom. The van der Waals surface area contributed by atoms with Crippen molar-refractivity contribution >= 4 is 23.9 Å². The van der Waals surface area contributed by atoms with Gasteiger partial charge in [0.25, 0.3) is 0 Å². The molecule has 0 spiro atoms. The van der Waals surface area contributed by atoms with Crippen LogP contribution in [0, 0.1) is 17.8 Å². The first kappa shape index (κ1) is 32.9. The van der Waals surface area contributed by atoms with Crippen LogP contribution in [0.2, 0.25) is 0 Å². The lowest BCUT2D eigenvalue weighted by atomic mass is 9.99. The van der Waals surface area contributed by atoms with E-state index in [9.17, 15) is 19.2 Å². The molecule has 214 valence electrons. The van der Waals surface area contributed by atoms with Crippen LogP contribution in [0.5, 0.6) is 0 Å². The molecule has 38 heavy (non-hydrogen) atoms. The second-order valence-electron chi connectivity index (χ2n) is 11.8. The number of hydrogen-bond acceptors (Lipinski definition) is 6. The first-order valence-electron chi connectivity index (χ1n) is 13.4. The third kappa shape index (κ3) is 12.9. The van der Waals surface area contributed by atoms with Crippen LogP contribution in [0.15, 0.2) is 30.3 Å². The molecular weight excluding hydrogens is 486 g/mol. The number of nitrogens with one attached hydrogen (secondary N) is 3. The van der Waals surface area contributed by atoms with E-state index in [0.29, 0.717) is 12.8 Å². The number of hydrogen-bond donors (Lipinski definition) is 3. The summed E-state index contributed by atoms with van der Waals surface area (Å²) >= 11 is 0. The third-order valence-corrected chi connectivity index (χ3v) is 5.50. The van der Waals surface area contributed by atoms with E-state index in [4.69, 9.17) is 9.47 Å². The second kappa shape index (κ2) is 15.3. The van der Waals surface area contributed by atoms with Crippen molar-refractivity contribution in [3.63, 3.8) is 0 Å². The van der Waals surface area contributed by atoms with Gasteiger partial charge >= 0.3 is 12.1 Å². The molecule has 0 aromatic heterocycles. The van der Waals surface area contributed by atoms with Gasteiger partial charge in [-0.1, -0.05) is 71.9 Å². The van der Waals surface area contributed by atoms with Crippen molar-refractivity contribution in [2.75, 3.05) is 0 Å². The maximum absolute atomic E-state index is 13.3. The first-order valence-corrected chi connectivity index (χ1v) is 13.4. The standard InChI is InChI=1S/C29H47N3O6/c1-18(2)15-22(30-25(33)23(16-19(3)4)31-28(36)38-29(7,8)9)26(34)32-24(20(5)6)27(35)37-17-21-13-11-10-12-14-21/h10-14,18-20,22-24H,15-17H2,1-9H3,(H,30,33)(H,31,36)(H,32,34)/t22-,23-,24-/m1/s1. The molecule has 3 amide bonds. The minimum absolute atomic E-state index is 0.0796. The monoisotopic (exact) mass is 533 g/mol. The lowest BCUT2D eigenvalue weighted by Gasteiger charge is -2.28. The van der Waals surface area contributed by atoms with Gasteiger partial charge in [0, 0.05) is 0 Å². The molecule has 0 saturated carbocycles. The van der Waals surface area contributed by atoms with E-state index in [1.54, 1.807) is 20.8 Å². The normalized spacial score (nSPS) is 14.0. The maximum Gasteiger partial charge on any atom is 0.408 e. The van der Waals surface area contributed by atoms with Crippen molar-refractivity contribution in [1.82, 2.24) is 16.0 Å². The van der Waals surface area contributed by atoms with Crippen molar-refractivity contribution in [1.29, 1.82) is 0 Å². The summed E-state index contributed by atoms with van der Waals surface area (Å²) in [4.78, 5) is 51.8. The minimum atomic E-state index is -0.902. The number of carbonyl (C=O) groups excluding carboxylic acids is 4. The Morgan fingerprint density at radius 3 is 1.74 bits per heavy atom. The Labute approximate surface area is 227 Å². The predicted octanol–water partition coefficient (Wildman–Crippen LogP) is 4.34. The van der Waals surface area contributed by atoms with Gasteiger partial charge in [0.05, 0.1) is 0 Å². The summed E-state index contributed by atoms with van der Waals surface area (Å²) in [6.07, 6.45) is 0.00767. The molecule has 0 bridgehead atoms. The summed E-state index contributed by atoms with van der Waals surface area (Å²) in [6, 6.07) is 6.62. The molecule has 0 radical (unpaired) electrons. The van der Waals surface area contributed by atoms with Crippen molar-refractivity contribution in [3.8, 4) is 0 Å².